The van der Waals surface area contributed by atoms with Crippen LogP contribution in [0, 0.1) is 11.7 Å². The maximum atomic E-state index is 13.4. The van der Waals surface area contributed by atoms with Crippen molar-refractivity contribution in [1.82, 2.24) is 0 Å². The van der Waals surface area contributed by atoms with Crippen LogP contribution in [0.15, 0.2) is 18.2 Å². The van der Waals surface area contributed by atoms with Crippen LogP contribution in [0.2, 0.25) is 0 Å². The number of hydrogen-bond acceptors (Lipinski definition) is 2. The fourth-order valence-corrected chi connectivity index (χ4v) is 2.08. The summed E-state index contributed by atoms with van der Waals surface area (Å²) in [5.74, 6) is 0.572. The number of hydrogen-bond donors (Lipinski definition) is 1. The first-order valence-electron chi connectivity index (χ1n) is 5.84. The largest absolute Gasteiger partial charge is 0.372 e. The van der Waals surface area contributed by atoms with E-state index in [2.05, 4.69) is 11.8 Å². The van der Waals surface area contributed by atoms with Gasteiger partial charge in [-0.3, -0.25) is 0 Å². The zero-order chi connectivity index (χ0) is 11.7. The molecule has 0 aromatic heterocycles. The van der Waals surface area contributed by atoms with Gasteiger partial charge in [-0.25, -0.2) is 4.39 Å². The highest BCUT2D eigenvalue weighted by atomic mass is 19.1. The Morgan fingerprint density at radius 1 is 1.44 bits per heavy atom. The van der Waals surface area contributed by atoms with Crippen molar-refractivity contribution in [2.75, 3.05) is 11.9 Å². The van der Waals surface area contributed by atoms with Gasteiger partial charge in [-0.2, -0.15) is 0 Å². The predicted molar refractivity (Wildman–Crippen MR) is 64.9 cm³/mol. The lowest BCUT2D eigenvalue weighted by atomic mass is 10.1. The molecule has 2 nitrogen and oxygen atoms in total. The van der Waals surface area contributed by atoms with Gasteiger partial charge in [-0.15, -0.1) is 0 Å². The van der Waals surface area contributed by atoms with Gasteiger partial charge in [-0.05, 0) is 49.4 Å². The zero-order valence-corrected chi connectivity index (χ0v) is 9.91. The van der Waals surface area contributed by atoms with Crippen LogP contribution in [-0.4, -0.2) is 13.1 Å². The molecule has 2 N–H and O–H groups in total. The first-order chi connectivity index (χ1) is 7.61. The molecule has 1 aliphatic rings. The second-order valence-electron chi connectivity index (χ2n) is 4.71. The van der Waals surface area contributed by atoms with Crippen molar-refractivity contribution in [2.24, 2.45) is 11.7 Å². The first-order valence-corrected chi connectivity index (χ1v) is 5.84. The lowest BCUT2D eigenvalue weighted by molar-refractivity contribution is 0.599. The number of rotatable bonds is 4. The van der Waals surface area contributed by atoms with Crippen LogP contribution < -0.4 is 10.6 Å². The number of anilines is 1. The summed E-state index contributed by atoms with van der Waals surface area (Å²) in [7, 11) is 2.03. The van der Waals surface area contributed by atoms with Crippen molar-refractivity contribution in [1.29, 1.82) is 0 Å². The molecule has 0 saturated heterocycles. The van der Waals surface area contributed by atoms with Gasteiger partial charge in [0.2, 0.25) is 0 Å². The van der Waals surface area contributed by atoms with Gasteiger partial charge in [-0.1, -0.05) is 0 Å². The Bertz CT molecular complexity index is 374. The van der Waals surface area contributed by atoms with E-state index in [1.165, 1.54) is 18.9 Å². The summed E-state index contributed by atoms with van der Waals surface area (Å²) in [4.78, 5) is 2.15. The molecular weight excluding hydrogens is 203 g/mol. The standard InChI is InChI=1S/C13H19FN2/c1-9(11-3-4-11)16(2)13-6-10(8-15)5-12(14)7-13/h5-7,9,11H,3-4,8,15H2,1-2H3. The topological polar surface area (TPSA) is 29.3 Å². The van der Waals surface area contributed by atoms with E-state index in [4.69, 9.17) is 5.73 Å². The molecule has 1 aliphatic carbocycles. The van der Waals surface area contributed by atoms with Crippen molar-refractivity contribution in [3.63, 3.8) is 0 Å². The zero-order valence-electron chi connectivity index (χ0n) is 9.91. The summed E-state index contributed by atoms with van der Waals surface area (Å²) in [6, 6.07) is 5.53. The summed E-state index contributed by atoms with van der Waals surface area (Å²) < 4.78 is 13.4. The van der Waals surface area contributed by atoms with E-state index in [0.717, 1.165) is 17.2 Å². The molecule has 1 fully saturated rings. The number of benzene rings is 1. The monoisotopic (exact) mass is 222 g/mol. The summed E-state index contributed by atoms with van der Waals surface area (Å²) in [5, 5.41) is 0. The molecule has 3 heteroatoms. The summed E-state index contributed by atoms with van der Waals surface area (Å²) in [6.07, 6.45) is 2.59. The second-order valence-corrected chi connectivity index (χ2v) is 4.71. The van der Waals surface area contributed by atoms with Crippen LogP contribution in [0.5, 0.6) is 0 Å². The highest BCUT2D eigenvalue weighted by Crippen LogP contribution is 2.36. The third-order valence-electron chi connectivity index (χ3n) is 3.50. The Morgan fingerprint density at radius 3 is 2.69 bits per heavy atom. The van der Waals surface area contributed by atoms with Gasteiger partial charge >= 0.3 is 0 Å². The molecule has 0 heterocycles. The van der Waals surface area contributed by atoms with Gasteiger partial charge < -0.3 is 10.6 Å². The minimum absolute atomic E-state index is 0.201. The van der Waals surface area contributed by atoms with Crippen LogP contribution >= 0.6 is 0 Å². The molecule has 1 unspecified atom stereocenters. The van der Waals surface area contributed by atoms with Gasteiger partial charge in [0.05, 0.1) is 0 Å². The highest BCUT2D eigenvalue weighted by molar-refractivity contribution is 5.49. The van der Waals surface area contributed by atoms with Crippen molar-refractivity contribution in [2.45, 2.75) is 32.4 Å². The minimum atomic E-state index is -0.201. The SMILES string of the molecule is CC(C1CC1)N(C)c1cc(F)cc(CN)c1. The lowest BCUT2D eigenvalue weighted by Gasteiger charge is -2.27. The Labute approximate surface area is 96.2 Å². The summed E-state index contributed by atoms with van der Waals surface area (Å²) in [6.45, 7) is 2.58. The third-order valence-corrected chi connectivity index (χ3v) is 3.50. The Kier molecular flexibility index (Phi) is 3.15. The van der Waals surface area contributed by atoms with Gasteiger partial charge in [0.25, 0.3) is 0 Å². The van der Waals surface area contributed by atoms with Crippen molar-refractivity contribution in [3.05, 3.63) is 29.6 Å². The summed E-state index contributed by atoms with van der Waals surface area (Å²) >= 11 is 0. The minimum Gasteiger partial charge on any atom is -0.372 e. The Morgan fingerprint density at radius 2 is 2.12 bits per heavy atom. The van der Waals surface area contributed by atoms with Crippen LogP contribution in [0.3, 0.4) is 0 Å². The van der Waals surface area contributed by atoms with Crippen molar-refractivity contribution < 1.29 is 4.39 Å². The molecule has 0 amide bonds. The molecule has 16 heavy (non-hydrogen) atoms. The molecule has 1 aromatic rings. The molecule has 0 radical (unpaired) electrons. The maximum absolute atomic E-state index is 13.4. The average Bonchev–Trinajstić information content (AvgIpc) is 3.10. The average molecular weight is 222 g/mol. The maximum Gasteiger partial charge on any atom is 0.125 e. The molecule has 0 spiro atoms. The molecule has 1 aromatic carbocycles. The van der Waals surface area contributed by atoms with Crippen LogP contribution in [-0.2, 0) is 6.54 Å². The fraction of sp³-hybridized carbons (Fsp3) is 0.538. The molecule has 0 aliphatic heterocycles. The van der Waals surface area contributed by atoms with E-state index in [9.17, 15) is 4.39 Å². The van der Waals surface area contributed by atoms with E-state index >= 15 is 0 Å². The molecule has 88 valence electrons. The molecule has 0 bridgehead atoms. The van der Waals surface area contributed by atoms with E-state index in [1.807, 2.05) is 13.1 Å². The first kappa shape index (κ1) is 11.4. The normalized spacial score (nSPS) is 17.2. The molecule has 1 atom stereocenters. The molecular formula is C13H19FN2. The van der Waals surface area contributed by atoms with E-state index in [0.29, 0.717) is 12.6 Å². The predicted octanol–water partition coefficient (Wildman–Crippen LogP) is 2.52. The second kappa shape index (κ2) is 4.42. The number of nitrogens with zero attached hydrogens (tertiary/aromatic N) is 1. The van der Waals surface area contributed by atoms with Gasteiger partial charge in [0.1, 0.15) is 5.82 Å². The van der Waals surface area contributed by atoms with E-state index in [1.54, 1.807) is 6.07 Å². The Hall–Kier alpha value is -1.09. The van der Waals surface area contributed by atoms with E-state index < -0.39 is 0 Å². The van der Waals surface area contributed by atoms with Crippen molar-refractivity contribution >= 4 is 5.69 Å². The molecule has 1 saturated carbocycles. The van der Waals surface area contributed by atoms with Crippen LogP contribution in [0.4, 0.5) is 10.1 Å². The van der Waals surface area contributed by atoms with Crippen LogP contribution in [0.1, 0.15) is 25.3 Å². The smallest absolute Gasteiger partial charge is 0.125 e. The van der Waals surface area contributed by atoms with Crippen molar-refractivity contribution in [3.8, 4) is 0 Å². The fourth-order valence-electron chi connectivity index (χ4n) is 2.08. The quantitative estimate of drug-likeness (QED) is 0.848. The van der Waals surface area contributed by atoms with E-state index in [-0.39, 0.29) is 5.82 Å². The Balaban J connectivity index is 2.20. The number of halogens is 1. The third kappa shape index (κ3) is 2.35. The highest BCUT2D eigenvalue weighted by Gasteiger charge is 2.30. The lowest BCUT2D eigenvalue weighted by Crippen LogP contribution is -2.30. The summed E-state index contributed by atoms with van der Waals surface area (Å²) in [5.41, 5.74) is 7.33. The van der Waals surface area contributed by atoms with Gasteiger partial charge in [0, 0.05) is 25.3 Å². The van der Waals surface area contributed by atoms with Gasteiger partial charge in [0.15, 0.2) is 0 Å². The molecule has 2 rings (SSSR count). The van der Waals surface area contributed by atoms with Crippen LogP contribution in [0.25, 0.3) is 0 Å². The number of nitrogens with two attached hydrogens (primary N) is 1.